The Kier molecular flexibility index (Phi) is 3.59. The molecule has 0 fully saturated rings. The normalized spacial score (nSPS) is 11.9. The molecule has 6 nitrogen and oxygen atoms in total. The molecule has 90 valence electrons. The Morgan fingerprint density at radius 3 is 2.00 bits per heavy atom. The number of carbonyl (C=O) groups excluding carboxylic acids is 1. The van der Waals surface area contributed by atoms with Crippen LogP contribution in [0.4, 0.5) is 0 Å². The molecule has 3 N–H and O–H groups in total. The van der Waals surface area contributed by atoms with Gasteiger partial charge < -0.3 is 15.3 Å². The molecule has 0 aliphatic carbocycles. The van der Waals surface area contributed by atoms with Crippen LogP contribution in [0.1, 0.15) is 38.0 Å². The van der Waals surface area contributed by atoms with Gasteiger partial charge >= 0.3 is 11.9 Å². The molecule has 0 aliphatic rings. The molecule has 0 heterocycles. The van der Waals surface area contributed by atoms with E-state index in [0.717, 1.165) is 6.07 Å². The number of ketones is 1. The first-order valence-electron chi connectivity index (χ1n) is 4.68. The van der Waals surface area contributed by atoms with Crippen LogP contribution in [0.5, 0.6) is 0 Å². The highest BCUT2D eigenvalue weighted by Gasteiger charge is 2.25. The number of aliphatic hydroxyl groups is 1. The van der Waals surface area contributed by atoms with E-state index in [0.29, 0.717) is 0 Å². The highest BCUT2D eigenvalue weighted by Crippen LogP contribution is 2.17. The van der Waals surface area contributed by atoms with Gasteiger partial charge in [0.05, 0.1) is 11.1 Å². The fourth-order valence-corrected chi connectivity index (χ4v) is 1.39. The van der Waals surface area contributed by atoms with Crippen molar-refractivity contribution >= 4 is 17.7 Å². The molecule has 0 saturated heterocycles. The largest absolute Gasteiger partial charge is 0.478 e. The average Bonchev–Trinajstić information content (AvgIpc) is 2.26. The smallest absolute Gasteiger partial charge is 0.337 e. The van der Waals surface area contributed by atoms with Crippen molar-refractivity contribution in [3.63, 3.8) is 0 Å². The second-order valence-corrected chi connectivity index (χ2v) is 3.38. The number of Topliss-reactive ketones (excluding diaryl/α,β-unsaturated/α-hetero) is 1. The van der Waals surface area contributed by atoms with Crippen LogP contribution in [-0.4, -0.2) is 39.1 Å². The topological polar surface area (TPSA) is 112 Å². The number of aromatic carboxylic acids is 2. The van der Waals surface area contributed by atoms with E-state index in [-0.39, 0.29) is 5.56 Å². The SMILES string of the molecule is CC(O)C(=O)c1cccc(C(=O)O)c1C(=O)O. The minimum atomic E-state index is -1.52. The van der Waals surface area contributed by atoms with Crippen LogP contribution in [0.3, 0.4) is 0 Å². The Morgan fingerprint density at radius 1 is 1.06 bits per heavy atom. The lowest BCUT2D eigenvalue weighted by molar-refractivity contribution is 0.0645. The van der Waals surface area contributed by atoms with Crippen molar-refractivity contribution in [2.24, 2.45) is 0 Å². The van der Waals surface area contributed by atoms with Gasteiger partial charge in [-0.3, -0.25) is 4.79 Å². The summed E-state index contributed by atoms with van der Waals surface area (Å²) in [5.41, 5.74) is -1.40. The van der Waals surface area contributed by atoms with Crippen molar-refractivity contribution in [2.75, 3.05) is 0 Å². The van der Waals surface area contributed by atoms with E-state index in [4.69, 9.17) is 15.3 Å². The molecule has 1 aromatic rings. The first-order valence-corrected chi connectivity index (χ1v) is 4.68. The lowest BCUT2D eigenvalue weighted by atomic mass is 9.96. The predicted octanol–water partition coefficient (Wildman–Crippen LogP) is 0.646. The highest BCUT2D eigenvalue weighted by molar-refractivity contribution is 6.12. The van der Waals surface area contributed by atoms with Gasteiger partial charge in [0, 0.05) is 5.56 Å². The van der Waals surface area contributed by atoms with Crippen molar-refractivity contribution < 1.29 is 29.7 Å². The van der Waals surface area contributed by atoms with Gasteiger partial charge in [0.1, 0.15) is 6.10 Å². The number of hydrogen-bond acceptors (Lipinski definition) is 4. The van der Waals surface area contributed by atoms with Crippen molar-refractivity contribution in [1.82, 2.24) is 0 Å². The third kappa shape index (κ3) is 2.48. The zero-order valence-corrected chi connectivity index (χ0v) is 8.88. The molecule has 0 spiro atoms. The molecule has 1 atom stereocenters. The van der Waals surface area contributed by atoms with Gasteiger partial charge in [-0.25, -0.2) is 9.59 Å². The van der Waals surface area contributed by atoms with Crippen LogP contribution in [0, 0.1) is 0 Å². The first-order chi connectivity index (χ1) is 7.86. The maximum absolute atomic E-state index is 11.5. The molecule has 0 saturated carbocycles. The molecule has 0 radical (unpaired) electrons. The molecule has 0 aromatic heterocycles. The quantitative estimate of drug-likeness (QED) is 0.664. The van der Waals surface area contributed by atoms with E-state index in [1.165, 1.54) is 19.1 Å². The predicted molar refractivity (Wildman–Crippen MR) is 56.4 cm³/mol. The minimum absolute atomic E-state index is 0.313. The van der Waals surface area contributed by atoms with E-state index in [2.05, 4.69) is 0 Å². The number of aliphatic hydroxyl groups excluding tert-OH is 1. The lowest BCUT2D eigenvalue weighted by Crippen LogP contribution is -2.21. The van der Waals surface area contributed by atoms with Crippen LogP contribution in [0.25, 0.3) is 0 Å². The maximum Gasteiger partial charge on any atom is 0.337 e. The summed E-state index contributed by atoms with van der Waals surface area (Å²) in [4.78, 5) is 33.3. The van der Waals surface area contributed by atoms with Gasteiger partial charge in [0.15, 0.2) is 5.78 Å². The van der Waals surface area contributed by atoms with E-state index < -0.39 is 35.0 Å². The Bertz CT molecular complexity index is 489. The van der Waals surface area contributed by atoms with Gasteiger partial charge in [-0.1, -0.05) is 12.1 Å². The number of carbonyl (C=O) groups is 3. The van der Waals surface area contributed by atoms with E-state index in [9.17, 15) is 14.4 Å². The molecule has 6 heteroatoms. The molecule has 0 bridgehead atoms. The van der Waals surface area contributed by atoms with Gasteiger partial charge in [-0.15, -0.1) is 0 Å². The minimum Gasteiger partial charge on any atom is -0.478 e. The molecule has 1 aromatic carbocycles. The summed E-state index contributed by atoms with van der Waals surface area (Å²) in [6, 6.07) is 3.51. The van der Waals surface area contributed by atoms with Crippen molar-refractivity contribution in [3.8, 4) is 0 Å². The molecule has 0 aliphatic heterocycles. The van der Waals surface area contributed by atoms with Crippen molar-refractivity contribution in [1.29, 1.82) is 0 Å². The van der Waals surface area contributed by atoms with Gasteiger partial charge in [0.25, 0.3) is 0 Å². The van der Waals surface area contributed by atoms with Gasteiger partial charge in [-0.2, -0.15) is 0 Å². The molecule has 1 unspecified atom stereocenters. The summed E-state index contributed by atoms with van der Waals surface area (Å²) >= 11 is 0. The van der Waals surface area contributed by atoms with Crippen molar-refractivity contribution in [3.05, 3.63) is 34.9 Å². The summed E-state index contributed by atoms with van der Waals surface area (Å²) in [6.07, 6.45) is -1.39. The summed E-state index contributed by atoms with van der Waals surface area (Å²) < 4.78 is 0. The standard InChI is InChI=1S/C11H10O6/c1-5(12)9(13)6-3-2-4-7(10(14)15)8(6)11(16)17/h2-5,12H,1H3,(H,14,15)(H,16,17). The summed E-state index contributed by atoms with van der Waals surface area (Å²) in [5, 5.41) is 26.9. The zero-order chi connectivity index (χ0) is 13.2. The Labute approximate surface area is 96.1 Å². The number of rotatable bonds is 4. The maximum atomic E-state index is 11.5. The summed E-state index contributed by atoms with van der Waals surface area (Å²) in [7, 11) is 0. The zero-order valence-electron chi connectivity index (χ0n) is 8.88. The van der Waals surface area contributed by atoms with Crippen LogP contribution >= 0.6 is 0 Å². The highest BCUT2D eigenvalue weighted by atomic mass is 16.4. The average molecular weight is 238 g/mol. The second kappa shape index (κ2) is 4.75. The molecule has 17 heavy (non-hydrogen) atoms. The third-order valence-corrected chi connectivity index (χ3v) is 2.15. The number of benzene rings is 1. The molecule has 1 rings (SSSR count). The summed E-state index contributed by atoms with van der Waals surface area (Å²) in [5.74, 6) is -3.79. The van der Waals surface area contributed by atoms with E-state index in [1.807, 2.05) is 0 Å². The molecule has 0 amide bonds. The second-order valence-electron chi connectivity index (χ2n) is 3.38. The van der Waals surface area contributed by atoms with Crippen LogP contribution in [-0.2, 0) is 0 Å². The molecular formula is C11H10O6. The number of hydrogen-bond donors (Lipinski definition) is 3. The number of carboxylic acids is 2. The van der Waals surface area contributed by atoms with Crippen LogP contribution in [0.2, 0.25) is 0 Å². The Morgan fingerprint density at radius 2 is 1.59 bits per heavy atom. The van der Waals surface area contributed by atoms with E-state index >= 15 is 0 Å². The van der Waals surface area contributed by atoms with Crippen LogP contribution < -0.4 is 0 Å². The summed E-state index contributed by atoms with van der Waals surface area (Å²) in [6.45, 7) is 1.18. The van der Waals surface area contributed by atoms with Gasteiger partial charge in [-0.05, 0) is 13.0 Å². The van der Waals surface area contributed by atoms with Gasteiger partial charge in [0.2, 0.25) is 0 Å². The van der Waals surface area contributed by atoms with Crippen LogP contribution in [0.15, 0.2) is 18.2 Å². The third-order valence-electron chi connectivity index (χ3n) is 2.15. The Balaban J connectivity index is 3.51. The monoisotopic (exact) mass is 238 g/mol. The van der Waals surface area contributed by atoms with E-state index in [1.54, 1.807) is 0 Å². The molecular weight excluding hydrogens is 228 g/mol. The van der Waals surface area contributed by atoms with Crippen molar-refractivity contribution in [2.45, 2.75) is 13.0 Å². The fraction of sp³-hybridized carbons (Fsp3) is 0.182. The fourth-order valence-electron chi connectivity index (χ4n) is 1.39. The lowest BCUT2D eigenvalue weighted by Gasteiger charge is -2.09. The first kappa shape index (κ1) is 12.9. The number of carboxylic acid groups (broad SMARTS) is 2. The Hall–Kier alpha value is -2.21.